The molecule has 2 heterocycles. The summed E-state index contributed by atoms with van der Waals surface area (Å²) in [5.74, 6) is -4.27. The third kappa shape index (κ3) is 102. The Kier molecular flexibility index (Phi) is 192. The molecule has 0 aromatic heterocycles. The second-order valence-electron chi connectivity index (χ2n) is 9.82. The van der Waals surface area contributed by atoms with Gasteiger partial charge in [0.25, 0.3) is 0 Å². The van der Waals surface area contributed by atoms with E-state index in [2.05, 4.69) is 33.5 Å². The summed E-state index contributed by atoms with van der Waals surface area (Å²) in [5.41, 5.74) is 0. The molecule has 50 N–H and O–H groups in total. The van der Waals surface area contributed by atoms with Crippen LogP contribution in [0.1, 0.15) is 0 Å². The first-order valence-electron chi connectivity index (χ1n) is 13.1. The summed E-state index contributed by atoms with van der Waals surface area (Å²) >= 11 is 0. The molecule has 0 saturated carbocycles. The van der Waals surface area contributed by atoms with Crippen LogP contribution in [0.25, 0.3) is 0 Å². The molecule has 0 aliphatic carbocycles. The molecule has 2 fully saturated rings. The first-order valence-corrected chi connectivity index (χ1v) is 24.0. The zero-order chi connectivity index (χ0) is 49.5. The van der Waals surface area contributed by atoms with E-state index in [4.69, 9.17) is 57.9 Å². The molecule has 93 heavy (non-hydrogen) atoms. The first-order chi connectivity index (χ1) is 27.1. The fraction of sp³-hybridized carbons (Fsp3) is 0.846. The Balaban J connectivity index is -0.0000000300. The zero-order valence-corrected chi connectivity index (χ0v) is 53.6. The Bertz CT molecular complexity index is 2520. The van der Waals surface area contributed by atoms with Gasteiger partial charge in [0.15, 0.2) is 181 Å². The van der Waals surface area contributed by atoms with E-state index >= 15 is 0 Å². The quantitative estimate of drug-likeness (QED) is 0.0400. The summed E-state index contributed by atoms with van der Waals surface area (Å²) in [6, 6.07) is 0. The van der Waals surface area contributed by atoms with Gasteiger partial charge in [-0.25, -0.2) is 33.5 Å². The smallest absolute Gasteiger partial charge is 2.00 e. The monoisotopic (exact) mass is 1970 g/mol. The Morgan fingerprint density at radius 1 is 0.355 bits per heavy atom. The van der Waals surface area contributed by atoms with E-state index in [-0.39, 0.29) is 330 Å². The molecule has 80 heteroatoms. The average molecular weight is 1970 g/mol. The van der Waals surface area contributed by atoms with Gasteiger partial charge < -0.3 is 154 Å². The number of rotatable bonds is 20. The van der Waals surface area contributed by atoms with Crippen LogP contribution in [0.3, 0.4) is 0 Å². The normalized spacial score (nSPS) is 18.5. The van der Waals surface area contributed by atoms with Gasteiger partial charge in [0.2, 0.25) is 24.4 Å². The van der Waals surface area contributed by atoms with Crippen molar-refractivity contribution in [2.45, 2.75) is 55.0 Å². The summed E-state index contributed by atoms with van der Waals surface area (Å²) in [6.07, 6.45) is -31.4. The minimum atomic E-state index is -6.30. The van der Waals surface area contributed by atoms with Gasteiger partial charge in [-0.3, -0.25) is 36.4 Å². The van der Waals surface area contributed by atoms with Gasteiger partial charge in [-0.1, -0.05) is 0 Å². The van der Waals surface area contributed by atoms with Crippen molar-refractivity contribution in [3.8, 4) is 0 Å². The van der Waals surface area contributed by atoms with Gasteiger partial charge in [-0.05, 0) is 0 Å². The van der Waals surface area contributed by atoms with Crippen molar-refractivity contribution in [2.75, 3.05) is 13.2 Å². The summed E-state index contributed by atoms with van der Waals surface area (Å²) in [4.78, 5) is 16.9. The Labute approximate surface area is 666 Å². The molecule has 0 amide bonds. The van der Waals surface area contributed by atoms with Gasteiger partial charge in [-0.2, -0.15) is 67.3 Å². The molecular weight excluding hydrogens is 1880 g/mol. The fourth-order valence-electron chi connectivity index (χ4n) is 4.02. The fourth-order valence-corrected chi connectivity index (χ4v) is 7.52. The number of carbonyl (C=O) groups is 2. The molecule has 9 atom stereocenters. The van der Waals surface area contributed by atoms with Gasteiger partial charge in [0, 0.05) is 0 Å². The van der Waals surface area contributed by atoms with E-state index in [9.17, 15) is 90.1 Å². The molecule has 0 unspecified atom stereocenters. The maximum absolute atomic E-state index is 11.8. The van der Waals surface area contributed by atoms with Gasteiger partial charge >= 0.3 is 147 Å². The summed E-state index contributed by atoms with van der Waals surface area (Å²) in [6.45, 7) is -4.45. The maximum atomic E-state index is 11.8. The summed E-state index contributed by atoms with van der Waals surface area (Å²) < 4.78 is 306. The van der Waals surface area contributed by atoms with Crippen molar-refractivity contribution >= 4 is 316 Å². The average Bonchev–Trinajstić information content (AvgIpc) is 3.18. The molecule has 2 aliphatic heterocycles. The molecular formula is C13H92Al9BiCaO61S8. The standard InChI is InChI=1S/C11H20O35S8.2CH2O3.9Al.Bi.Ca.20H2O.30H/c12-47(13,14)36-1-3-4(41-49(18,19)20)5(42-50(21,22)23)6(43-51(24,25)26)9(38-3)39-11(2-37-48(15,16)17)8(45-53(30,31)32)7(44-52(27,28)29)10(40-11)46-54(33,34)35;2*2-1(3)4;;;;;;;;;;;;;;;;;;;;;;;;;;;;;;;;;;;;;;;;;;;;;;;;;;;;;;;;;;;;;/h3-10H,1-2H2,(H,12,13,14)(H,15,16,17)(H,18,19,20)(H,21,22,23)(H,24,25,26)(H,27,28,29)(H,30,31,32)(H,33,34,35);2*(H2,2,3,4);;;;;;;;;;;;20*1H2;;;;;;;;;;;;;;;;;;;;;;;;;;;;;;/q;;;;;;;;;;;;;+2;;;;;;;;;;;;;;;;;;;;;;;;;;;;;;;;;;;;;;;;;;;;;;;;;;/p-2/t3-,4-,5+,6-,7+,8+,9+,10-,11-;;;;;;;;;;;;;;;;;;;;;;;;;;;;;;;;;;;;;;;;;;;;;;;;;;;;;;;;;;;;;;;/m1.............................................................../s1. The van der Waals surface area contributed by atoms with Crippen LogP contribution in [0.15, 0.2) is 0 Å². The molecule has 0 aromatic rings. The predicted molar refractivity (Wildman–Crippen MR) is 341 cm³/mol. The van der Waals surface area contributed by atoms with Crippen LogP contribution in [0.2, 0.25) is 0 Å². The Morgan fingerprint density at radius 3 is 0.817 bits per heavy atom. The van der Waals surface area contributed by atoms with Crippen molar-refractivity contribution in [3.05, 3.63) is 0 Å². The number of hydrogen-bond acceptors (Lipinski definition) is 31. The molecule has 592 valence electrons. The Morgan fingerprint density at radius 2 is 0.581 bits per heavy atom. The van der Waals surface area contributed by atoms with Crippen LogP contribution >= 0.6 is 0 Å². The van der Waals surface area contributed by atoms with E-state index in [0.717, 1.165) is 0 Å². The van der Waals surface area contributed by atoms with Crippen LogP contribution in [0.4, 0.5) is 9.59 Å². The van der Waals surface area contributed by atoms with E-state index < -0.39 is 164 Å². The molecule has 0 bridgehead atoms. The van der Waals surface area contributed by atoms with Crippen molar-refractivity contribution in [1.29, 1.82) is 0 Å². The van der Waals surface area contributed by atoms with Gasteiger partial charge in [-0.15, -0.1) is 0 Å². The molecule has 2 rings (SSSR count). The topological polar surface area (TPSA) is 1290 Å². The predicted octanol–water partition coefficient (Wildman–Crippen LogP) is -37.8. The van der Waals surface area contributed by atoms with Crippen molar-refractivity contribution < 1.29 is 291 Å². The van der Waals surface area contributed by atoms with Gasteiger partial charge in [0.05, 0.1) is 6.61 Å². The molecule has 61 nitrogen and oxygen atoms in total. The number of ether oxygens (including phenoxy) is 3. The van der Waals surface area contributed by atoms with E-state index in [1.54, 1.807) is 0 Å². The van der Waals surface area contributed by atoms with E-state index in [0.29, 0.717) is 0 Å². The van der Waals surface area contributed by atoms with Crippen LogP contribution < -0.4 is 10.2 Å². The minimum absolute atomic E-state index is 0. The van der Waals surface area contributed by atoms with Crippen molar-refractivity contribution in [1.82, 2.24) is 0 Å². The largest absolute Gasteiger partial charge is 2.00 e. The zero-order valence-electron chi connectivity index (χ0n) is 39.3. The third-order valence-corrected chi connectivity index (χ3v) is 8.98. The molecule has 2 saturated heterocycles. The first kappa shape index (κ1) is 212. The summed E-state index contributed by atoms with van der Waals surface area (Å²) in [7, 11) is -48.9. The second-order valence-corrected chi connectivity index (χ2v) is 18.3. The van der Waals surface area contributed by atoms with Gasteiger partial charge in [0.1, 0.15) is 24.9 Å². The van der Waals surface area contributed by atoms with E-state index in [1.165, 1.54) is 0 Å². The molecule has 0 radical (unpaired) electrons. The molecule has 0 spiro atoms. The third-order valence-electron chi connectivity index (χ3n) is 5.39. The maximum Gasteiger partial charge on any atom is 2.00 e. The second kappa shape index (κ2) is 84.5. The minimum Gasteiger partial charge on any atom is 2.00 e. The van der Waals surface area contributed by atoms with Crippen LogP contribution in [0, 0.1) is 0 Å². The SMILES string of the molecule is O.O.O.O.O.O.O.O.O.O.O.O.O.O.O.O.O.O.O.O.O=C([O-])O.O=C([O-])O.O=S(=O)(O)OC[C@H]1O[C@@H](O[C@]2(COS(=O)(=O)O)O[C@H](OS(=O)(=O)O)[C@@H](OS(=O)(=O)O)[C@@H]2OS(=O)(=O)O)[C@H](OS(=O)(=O)O)[C@@H](OS(=O)(=O)O)[C@@H]1OS(=O)(=O)O.[AlH3].[AlH3].[AlH3].[AlH3].[AlH3].[AlH3].[AlH3].[AlH3].[AlH3].[BiH3].[Ca+2]. The summed E-state index contributed by atoms with van der Waals surface area (Å²) in [5, 5.41) is 30.6. The number of carboxylic acid groups (broad SMARTS) is 4. The molecule has 0 aromatic carbocycles. The van der Waals surface area contributed by atoms with Crippen LogP contribution in [0.5, 0.6) is 0 Å². The van der Waals surface area contributed by atoms with Crippen LogP contribution in [-0.2, 0) is 131 Å². The molecule has 2 aliphatic rings. The van der Waals surface area contributed by atoms with E-state index in [1.807, 2.05) is 0 Å². The van der Waals surface area contributed by atoms with Crippen molar-refractivity contribution in [3.63, 3.8) is 0 Å². The number of hydrogen-bond donors (Lipinski definition) is 10. The Hall–Kier alpha value is 3.52. The van der Waals surface area contributed by atoms with Crippen LogP contribution in [-0.4, -0.2) is 524 Å². The van der Waals surface area contributed by atoms with Crippen molar-refractivity contribution in [2.24, 2.45) is 0 Å².